The van der Waals surface area contributed by atoms with Crippen LogP contribution in [0.3, 0.4) is 0 Å². The lowest BCUT2D eigenvalue weighted by atomic mass is 10.0. The summed E-state index contributed by atoms with van der Waals surface area (Å²) in [7, 11) is 1.52. The van der Waals surface area contributed by atoms with Gasteiger partial charge in [0.2, 0.25) is 5.95 Å². The number of anilines is 3. The molecule has 0 radical (unpaired) electrons. The van der Waals surface area contributed by atoms with Gasteiger partial charge in [0.25, 0.3) is 0 Å². The smallest absolute Gasteiger partial charge is 0.212 e. The molecular formula is C28H21Cl2FN8O. The summed E-state index contributed by atoms with van der Waals surface area (Å²) < 4.78 is 30.2. The van der Waals surface area contributed by atoms with Crippen LogP contribution in [0, 0.1) is 17.3 Å². The molecule has 40 heavy (non-hydrogen) atoms. The molecule has 9 nitrogen and oxygen atoms in total. The maximum atomic E-state index is 13.7. The van der Waals surface area contributed by atoms with Gasteiger partial charge in [-0.2, -0.15) is 9.65 Å². The van der Waals surface area contributed by atoms with Crippen LogP contribution < -0.4 is 15.4 Å². The summed E-state index contributed by atoms with van der Waals surface area (Å²) in [5.74, 6) is -0.163. The van der Waals surface area contributed by atoms with Crippen molar-refractivity contribution in [2.75, 3.05) is 17.7 Å². The van der Waals surface area contributed by atoms with Crippen LogP contribution in [0.4, 0.5) is 21.5 Å². The van der Waals surface area contributed by atoms with Crippen molar-refractivity contribution in [2.45, 2.75) is 24.9 Å². The number of methoxy groups -OCH3 is 1. The summed E-state index contributed by atoms with van der Waals surface area (Å²) in [4.78, 5) is 8.15. The highest BCUT2D eigenvalue weighted by Gasteiger charge is 2.27. The molecule has 0 saturated heterocycles. The van der Waals surface area contributed by atoms with Crippen molar-refractivity contribution in [3.63, 3.8) is 0 Å². The van der Waals surface area contributed by atoms with Crippen LogP contribution in [0.25, 0.3) is 10.9 Å². The molecule has 0 aliphatic heterocycles. The van der Waals surface area contributed by atoms with Crippen LogP contribution in [0.1, 0.15) is 43.1 Å². The quantitative estimate of drug-likeness (QED) is 0.193. The van der Waals surface area contributed by atoms with E-state index in [1.54, 1.807) is 41.2 Å². The van der Waals surface area contributed by atoms with Gasteiger partial charge < -0.3 is 15.4 Å². The number of benzene rings is 2. The Morgan fingerprint density at radius 3 is 2.65 bits per heavy atom. The molecule has 1 fully saturated rings. The first-order valence-electron chi connectivity index (χ1n) is 12.7. The summed E-state index contributed by atoms with van der Waals surface area (Å²) in [5.41, 5.74) is 2.83. The van der Waals surface area contributed by atoms with E-state index in [9.17, 15) is 11.0 Å². The predicted molar refractivity (Wildman–Crippen MR) is 151 cm³/mol. The number of fused-ring (bicyclic) bond motifs is 1. The lowest BCUT2D eigenvalue weighted by molar-refractivity contribution is 0.415. The number of nitrogens with zero attached hydrogens (tertiary/aromatic N) is 6. The Labute approximate surface area is 239 Å². The predicted octanol–water partition coefficient (Wildman–Crippen LogP) is 6.83. The highest BCUT2D eigenvalue weighted by atomic mass is 35.5. The van der Waals surface area contributed by atoms with Gasteiger partial charge in [-0.1, -0.05) is 34.5 Å². The normalized spacial score (nSPS) is 14.7. The number of rotatable bonds is 8. The van der Waals surface area contributed by atoms with Gasteiger partial charge in [0, 0.05) is 29.2 Å². The molecule has 0 spiro atoms. The fourth-order valence-corrected chi connectivity index (χ4v) is 4.83. The van der Waals surface area contributed by atoms with E-state index in [1.807, 2.05) is 0 Å². The molecule has 2 N–H and O–H groups in total. The Morgan fingerprint density at radius 1 is 1.12 bits per heavy atom. The number of pyridine rings is 2. The summed E-state index contributed by atoms with van der Waals surface area (Å²) in [6.45, 7) is 0. The van der Waals surface area contributed by atoms with Crippen molar-refractivity contribution < 1.29 is 10.5 Å². The highest BCUT2D eigenvalue weighted by molar-refractivity contribution is 6.36. The minimum absolute atomic E-state index is 0.248. The second kappa shape index (κ2) is 10.6. The first-order valence-corrected chi connectivity index (χ1v) is 13.0. The lowest BCUT2D eigenvalue weighted by Crippen LogP contribution is -2.14. The zero-order chi connectivity index (χ0) is 28.7. The van der Waals surface area contributed by atoms with Crippen LogP contribution in [0.2, 0.25) is 10.0 Å². The minimum Gasteiger partial charge on any atom is -0.495 e. The molecule has 1 saturated carbocycles. The molecule has 200 valence electrons. The number of ether oxygens (including phenoxy) is 1. The average Bonchev–Trinajstić information content (AvgIpc) is 3.69. The van der Waals surface area contributed by atoms with Crippen molar-refractivity contribution in [1.29, 1.82) is 5.26 Å². The van der Waals surface area contributed by atoms with Gasteiger partial charge in [0.05, 0.1) is 53.5 Å². The Balaban J connectivity index is 1.46. The number of halogens is 3. The maximum Gasteiger partial charge on any atom is 0.212 e. The molecule has 0 amide bonds. The molecule has 6 rings (SSSR count). The summed E-state index contributed by atoms with van der Waals surface area (Å²) in [6, 6.07) is 11.9. The van der Waals surface area contributed by atoms with E-state index in [-0.39, 0.29) is 16.6 Å². The molecule has 3 heterocycles. The zero-order valence-corrected chi connectivity index (χ0v) is 22.5. The molecule has 1 aliphatic carbocycles. The zero-order valence-electron chi connectivity index (χ0n) is 22.0. The van der Waals surface area contributed by atoms with Crippen LogP contribution in [0.5, 0.6) is 5.75 Å². The van der Waals surface area contributed by atoms with Crippen LogP contribution in [0.15, 0.2) is 61.1 Å². The average molecular weight is 576 g/mol. The number of aromatic nitrogens is 5. The number of hydrogen-bond acceptors (Lipinski definition) is 8. The maximum absolute atomic E-state index is 13.7. The van der Waals surface area contributed by atoms with E-state index in [4.69, 9.17) is 27.9 Å². The number of nitriles is 1. The lowest BCUT2D eigenvalue weighted by Gasteiger charge is -2.20. The van der Waals surface area contributed by atoms with Crippen LogP contribution in [-0.2, 0) is 0 Å². The Hall–Kier alpha value is -4.46. The third-order valence-electron chi connectivity index (χ3n) is 6.44. The Kier molecular flexibility index (Phi) is 6.51. The fourth-order valence-electron chi connectivity index (χ4n) is 4.30. The highest BCUT2D eigenvalue weighted by Crippen LogP contribution is 2.38. The van der Waals surface area contributed by atoms with Gasteiger partial charge in [-0.05, 0) is 54.8 Å². The SMILES string of the molecule is [2H][C@@](Nc1cc(Cl)c2ncc(C#N)c(Nc3ccc(OC)c(Cl)c3)c2c1)(c1ccc(F)nc1)c1cn(C2CC2)nn1. The van der Waals surface area contributed by atoms with E-state index < -0.39 is 12.0 Å². The van der Waals surface area contributed by atoms with Crippen molar-refractivity contribution >= 4 is 51.2 Å². The van der Waals surface area contributed by atoms with Crippen molar-refractivity contribution in [2.24, 2.45) is 0 Å². The van der Waals surface area contributed by atoms with Crippen LogP contribution >= 0.6 is 23.2 Å². The van der Waals surface area contributed by atoms with Gasteiger partial charge in [-0.25, -0.2) is 9.67 Å². The summed E-state index contributed by atoms with van der Waals surface area (Å²) in [6.07, 6.45) is 6.40. The summed E-state index contributed by atoms with van der Waals surface area (Å²) >= 11 is 13.0. The van der Waals surface area contributed by atoms with Crippen molar-refractivity contribution in [1.82, 2.24) is 25.0 Å². The molecule has 1 atom stereocenters. The van der Waals surface area contributed by atoms with E-state index in [0.29, 0.717) is 50.0 Å². The topological polar surface area (TPSA) is 114 Å². The van der Waals surface area contributed by atoms with E-state index in [2.05, 4.69) is 37.0 Å². The molecule has 0 unspecified atom stereocenters. The second-order valence-corrected chi connectivity index (χ2v) is 9.99. The van der Waals surface area contributed by atoms with Crippen molar-refractivity contribution in [3.05, 3.63) is 93.9 Å². The Bertz CT molecular complexity index is 1820. The monoisotopic (exact) mass is 575 g/mol. The van der Waals surface area contributed by atoms with Crippen molar-refractivity contribution in [3.8, 4) is 11.8 Å². The van der Waals surface area contributed by atoms with Gasteiger partial charge in [-0.15, -0.1) is 5.10 Å². The molecule has 3 aromatic heterocycles. The fraction of sp³-hybridized carbons (Fsp3) is 0.179. The standard InChI is InChI=1S/C28H21Cl2FN8O/c1-40-24-6-3-17(9-21(24)29)35-26-16(11-32)13-34-28-20(26)8-18(10-22(28)30)36-27(15-2-7-25(31)33-12-15)23-14-39(38-37-23)19-4-5-19/h2-3,6-10,12-14,19,27,36H,4-5H2,1H3,(H,34,35)/t27-/m1/s1/i27D. The molecule has 5 aromatic rings. The first-order chi connectivity index (χ1) is 19.8. The summed E-state index contributed by atoms with van der Waals surface area (Å²) in [5, 5.41) is 26.0. The number of nitrogens with one attached hydrogen (secondary N) is 2. The van der Waals surface area contributed by atoms with E-state index in [1.165, 1.54) is 31.6 Å². The van der Waals surface area contributed by atoms with Gasteiger partial charge in [0.15, 0.2) is 0 Å². The molecule has 12 heteroatoms. The van der Waals surface area contributed by atoms with Crippen LogP contribution in [-0.4, -0.2) is 32.1 Å². The third-order valence-corrected chi connectivity index (χ3v) is 7.02. The van der Waals surface area contributed by atoms with Gasteiger partial charge in [0.1, 0.15) is 17.5 Å². The minimum atomic E-state index is -1.71. The van der Waals surface area contributed by atoms with E-state index in [0.717, 1.165) is 12.8 Å². The van der Waals surface area contributed by atoms with E-state index >= 15 is 0 Å². The largest absolute Gasteiger partial charge is 0.495 e. The molecule has 2 aromatic carbocycles. The van der Waals surface area contributed by atoms with Gasteiger partial charge >= 0.3 is 0 Å². The second-order valence-electron chi connectivity index (χ2n) is 9.17. The molecule has 0 bridgehead atoms. The first kappa shape index (κ1) is 24.6. The Morgan fingerprint density at radius 2 is 1.95 bits per heavy atom. The van der Waals surface area contributed by atoms with Gasteiger partial charge in [-0.3, -0.25) is 4.98 Å². The molecule has 1 aliphatic rings. The number of hydrogen-bond donors (Lipinski definition) is 2. The third kappa shape index (κ3) is 5.09. The molecular weight excluding hydrogens is 554 g/mol.